The summed E-state index contributed by atoms with van der Waals surface area (Å²) in [4.78, 5) is 19.9. The van der Waals surface area contributed by atoms with Crippen LogP contribution in [0.4, 0.5) is 11.5 Å². The van der Waals surface area contributed by atoms with Gasteiger partial charge in [-0.05, 0) is 48.4 Å². The van der Waals surface area contributed by atoms with Gasteiger partial charge in [0.2, 0.25) is 6.79 Å². The van der Waals surface area contributed by atoms with E-state index in [2.05, 4.69) is 34.5 Å². The molecule has 0 unspecified atom stereocenters. The Morgan fingerprint density at radius 2 is 1.50 bits per heavy atom. The zero-order valence-electron chi connectivity index (χ0n) is 18.9. The average Bonchev–Trinajstić information content (AvgIpc) is 3.34. The van der Waals surface area contributed by atoms with Crippen LogP contribution in [0.1, 0.15) is 27.2 Å². The number of nitrogens with one attached hydrogen (secondary N) is 1. The van der Waals surface area contributed by atoms with Crippen LogP contribution < -0.4 is 19.7 Å². The molecule has 4 aromatic rings. The van der Waals surface area contributed by atoms with E-state index in [0.717, 1.165) is 24.6 Å². The number of aromatic nitrogens is 1. The van der Waals surface area contributed by atoms with Gasteiger partial charge in [0.1, 0.15) is 5.82 Å². The summed E-state index contributed by atoms with van der Waals surface area (Å²) in [7, 11) is 0. The van der Waals surface area contributed by atoms with Gasteiger partial charge in [0.15, 0.2) is 11.5 Å². The summed E-state index contributed by atoms with van der Waals surface area (Å²) >= 11 is 0. The van der Waals surface area contributed by atoms with Gasteiger partial charge in [-0.25, -0.2) is 4.98 Å². The summed E-state index contributed by atoms with van der Waals surface area (Å²) in [6, 6.07) is 29.7. The number of aryl methyl sites for hydroxylation is 1. The second kappa shape index (κ2) is 9.67. The Morgan fingerprint density at radius 3 is 2.15 bits per heavy atom. The van der Waals surface area contributed by atoms with Gasteiger partial charge in [0.25, 0.3) is 5.91 Å². The molecule has 1 aliphatic heterocycles. The maximum atomic E-state index is 12.8. The maximum Gasteiger partial charge on any atom is 0.255 e. The number of carbonyl (C=O) groups is 1. The molecule has 1 aliphatic rings. The van der Waals surface area contributed by atoms with Gasteiger partial charge in [-0.1, -0.05) is 60.7 Å². The van der Waals surface area contributed by atoms with E-state index in [4.69, 9.17) is 14.5 Å². The quantitative estimate of drug-likeness (QED) is 0.398. The maximum absolute atomic E-state index is 12.8. The lowest BCUT2D eigenvalue weighted by Gasteiger charge is -2.25. The number of carbonyl (C=O) groups excluding carboxylic acids is 1. The predicted molar refractivity (Wildman–Crippen MR) is 132 cm³/mol. The minimum absolute atomic E-state index is 0.174. The molecule has 1 amide bonds. The van der Waals surface area contributed by atoms with Gasteiger partial charge >= 0.3 is 0 Å². The molecule has 0 saturated carbocycles. The minimum atomic E-state index is -0.221. The highest BCUT2D eigenvalue weighted by atomic mass is 16.7. The minimum Gasteiger partial charge on any atom is -0.454 e. The van der Waals surface area contributed by atoms with Crippen molar-refractivity contribution in [1.82, 2.24) is 4.98 Å². The van der Waals surface area contributed by atoms with E-state index in [1.807, 2.05) is 55.5 Å². The van der Waals surface area contributed by atoms with Crippen molar-refractivity contribution in [2.24, 2.45) is 0 Å². The van der Waals surface area contributed by atoms with Gasteiger partial charge in [0.05, 0.1) is 11.4 Å². The summed E-state index contributed by atoms with van der Waals surface area (Å²) in [6.07, 6.45) is 0. The second-order valence-corrected chi connectivity index (χ2v) is 8.15. The molecule has 0 radical (unpaired) electrons. The monoisotopic (exact) mass is 451 g/mol. The van der Waals surface area contributed by atoms with Crippen LogP contribution in [-0.2, 0) is 13.1 Å². The lowest BCUT2D eigenvalue weighted by molar-refractivity contribution is 0.102. The van der Waals surface area contributed by atoms with Crippen molar-refractivity contribution in [3.05, 3.63) is 113 Å². The van der Waals surface area contributed by atoms with E-state index in [9.17, 15) is 4.79 Å². The van der Waals surface area contributed by atoms with E-state index in [-0.39, 0.29) is 12.7 Å². The lowest BCUT2D eigenvalue weighted by atomic mass is 10.1. The Kier molecular flexibility index (Phi) is 6.12. The third-order valence-electron chi connectivity index (χ3n) is 5.71. The molecule has 2 heterocycles. The van der Waals surface area contributed by atoms with Crippen LogP contribution in [0.3, 0.4) is 0 Å². The number of rotatable bonds is 7. The van der Waals surface area contributed by atoms with Crippen molar-refractivity contribution >= 4 is 17.4 Å². The van der Waals surface area contributed by atoms with Crippen LogP contribution >= 0.6 is 0 Å². The Morgan fingerprint density at radius 1 is 0.853 bits per heavy atom. The number of hydrogen-bond donors (Lipinski definition) is 1. The normalized spacial score (nSPS) is 11.8. The topological polar surface area (TPSA) is 63.7 Å². The summed E-state index contributed by atoms with van der Waals surface area (Å²) < 4.78 is 10.7. The van der Waals surface area contributed by atoms with E-state index in [0.29, 0.717) is 22.7 Å². The third kappa shape index (κ3) is 4.86. The SMILES string of the molecule is Cc1nc(N(Cc2ccccc2)Cc2ccccc2)ccc1NC(=O)c1ccc2c(c1)OCO2. The van der Waals surface area contributed by atoms with Gasteiger partial charge in [-0.15, -0.1) is 0 Å². The first kappa shape index (κ1) is 21.5. The Labute approximate surface area is 198 Å². The summed E-state index contributed by atoms with van der Waals surface area (Å²) in [5.41, 5.74) is 4.34. The van der Waals surface area contributed by atoms with Crippen molar-refractivity contribution in [1.29, 1.82) is 0 Å². The van der Waals surface area contributed by atoms with Crippen molar-refractivity contribution < 1.29 is 14.3 Å². The Hall–Kier alpha value is -4.32. The Balaban J connectivity index is 1.36. The molecule has 0 spiro atoms. The van der Waals surface area contributed by atoms with Gasteiger partial charge in [-0.3, -0.25) is 4.79 Å². The van der Waals surface area contributed by atoms with E-state index in [1.54, 1.807) is 18.2 Å². The zero-order chi connectivity index (χ0) is 23.3. The molecular weight excluding hydrogens is 426 g/mol. The molecule has 6 heteroatoms. The number of nitrogens with zero attached hydrogens (tertiary/aromatic N) is 2. The largest absolute Gasteiger partial charge is 0.454 e. The highest BCUT2D eigenvalue weighted by Crippen LogP contribution is 2.33. The van der Waals surface area contributed by atoms with Crippen molar-refractivity contribution in [2.45, 2.75) is 20.0 Å². The molecule has 34 heavy (non-hydrogen) atoms. The number of amides is 1. The zero-order valence-corrected chi connectivity index (χ0v) is 18.9. The molecule has 6 nitrogen and oxygen atoms in total. The number of hydrogen-bond acceptors (Lipinski definition) is 5. The molecule has 170 valence electrons. The first-order valence-corrected chi connectivity index (χ1v) is 11.2. The van der Waals surface area contributed by atoms with E-state index < -0.39 is 0 Å². The molecule has 0 atom stereocenters. The number of benzene rings is 3. The molecule has 0 saturated heterocycles. The molecule has 3 aromatic carbocycles. The highest BCUT2D eigenvalue weighted by Gasteiger charge is 2.18. The van der Waals surface area contributed by atoms with E-state index in [1.165, 1.54) is 11.1 Å². The molecule has 1 N–H and O–H groups in total. The second-order valence-electron chi connectivity index (χ2n) is 8.15. The van der Waals surface area contributed by atoms with Crippen LogP contribution in [0.2, 0.25) is 0 Å². The molecule has 0 aliphatic carbocycles. The summed E-state index contributed by atoms with van der Waals surface area (Å²) in [5.74, 6) is 1.86. The van der Waals surface area contributed by atoms with Gasteiger partial charge < -0.3 is 19.7 Å². The highest BCUT2D eigenvalue weighted by molar-refractivity contribution is 6.05. The molecule has 1 aromatic heterocycles. The fourth-order valence-corrected chi connectivity index (χ4v) is 3.91. The standard InChI is InChI=1S/C28H25N3O3/c1-20-24(30-28(32)23-12-14-25-26(16-23)34-19-33-25)13-15-27(29-20)31(17-21-8-4-2-5-9-21)18-22-10-6-3-7-11-22/h2-16H,17-19H2,1H3,(H,30,32). The van der Waals surface area contributed by atoms with Crippen LogP contribution in [0.5, 0.6) is 11.5 Å². The number of ether oxygens (including phenoxy) is 2. The lowest BCUT2D eigenvalue weighted by Crippen LogP contribution is -2.23. The van der Waals surface area contributed by atoms with Gasteiger partial charge in [0, 0.05) is 18.7 Å². The predicted octanol–water partition coefficient (Wildman–Crippen LogP) is 5.58. The number of fused-ring (bicyclic) bond motifs is 1. The fourth-order valence-electron chi connectivity index (χ4n) is 3.91. The fraction of sp³-hybridized carbons (Fsp3) is 0.143. The van der Waals surface area contributed by atoms with Crippen molar-refractivity contribution in [3.63, 3.8) is 0 Å². The third-order valence-corrected chi connectivity index (χ3v) is 5.71. The van der Waals surface area contributed by atoms with Crippen LogP contribution in [0, 0.1) is 6.92 Å². The number of anilines is 2. The van der Waals surface area contributed by atoms with Crippen molar-refractivity contribution in [2.75, 3.05) is 17.0 Å². The first-order chi connectivity index (χ1) is 16.7. The van der Waals surface area contributed by atoms with Crippen LogP contribution in [-0.4, -0.2) is 17.7 Å². The first-order valence-electron chi connectivity index (χ1n) is 11.2. The Bertz CT molecular complexity index is 1250. The van der Waals surface area contributed by atoms with Crippen LogP contribution in [0.25, 0.3) is 0 Å². The summed E-state index contributed by atoms with van der Waals surface area (Å²) in [6.45, 7) is 3.53. The van der Waals surface area contributed by atoms with Gasteiger partial charge in [-0.2, -0.15) is 0 Å². The molecule has 0 bridgehead atoms. The smallest absolute Gasteiger partial charge is 0.255 e. The van der Waals surface area contributed by atoms with Crippen LogP contribution in [0.15, 0.2) is 91.0 Å². The molecule has 5 rings (SSSR count). The molecular formula is C28H25N3O3. The van der Waals surface area contributed by atoms with E-state index >= 15 is 0 Å². The summed E-state index contributed by atoms with van der Waals surface area (Å²) in [5, 5.41) is 2.97. The van der Waals surface area contributed by atoms with Crippen molar-refractivity contribution in [3.8, 4) is 11.5 Å². The average molecular weight is 452 g/mol. The number of pyridine rings is 1. The molecule has 0 fully saturated rings.